The van der Waals surface area contributed by atoms with E-state index in [0.717, 1.165) is 17.0 Å². The summed E-state index contributed by atoms with van der Waals surface area (Å²) in [4.78, 5) is 4.63. The highest BCUT2D eigenvalue weighted by Crippen LogP contribution is 2.37. The zero-order chi connectivity index (χ0) is 20.8. The summed E-state index contributed by atoms with van der Waals surface area (Å²) in [5.74, 6) is 2.45. The standard InChI is InChI=1S/C22H20N2O4S/c1-25-17-7-5-14(6-8-17)18-13-29-22(24-18)16(12-23)9-15-10-20(27-3)21(28-4)11-19(15)26-2/h5-11,13H,1-4H3/b16-9+. The largest absolute Gasteiger partial charge is 0.497 e. The van der Waals surface area contributed by atoms with Crippen LogP contribution < -0.4 is 18.9 Å². The van der Waals surface area contributed by atoms with Crippen molar-refractivity contribution in [3.05, 3.63) is 52.3 Å². The monoisotopic (exact) mass is 408 g/mol. The highest BCUT2D eigenvalue weighted by molar-refractivity contribution is 7.11. The molecule has 0 fully saturated rings. The van der Waals surface area contributed by atoms with E-state index in [1.54, 1.807) is 46.6 Å². The Morgan fingerprint density at radius 2 is 1.59 bits per heavy atom. The lowest BCUT2D eigenvalue weighted by atomic mass is 10.1. The van der Waals surface area contributed by atoms with Crippen LogP contribution >= 0.6 is 11.3 Å². The minimum Gasteiger partial charge on any atom is -0.497 e. The summed E-state index contributed by atoms with van der Waals surface area (Å²) in [7, 11) is 6.31. The molecule has 0 aliphatic carbocycles. The molecule has 0 radical (unpaired) electrons. The van der Waals surface area contributed by atoms with Crippen molar-refractivity contribution in [2.24, 2.45) is 0 Å². The molecular formula is C22H20N2O4S. The Morgan fingerprint density at radius 3 is 2.17 bits per heavy atom. The normalized spacial score (nSPS) is 10.9. The summed E-state index contributed by atoms with van der Waals surface area (Å²) in [5.41, 5.74) is 2.88. The van der Waals surface area contributed by atoms with Crippen molar-refractivity contribution < 1.29 is 18.9 Å². The van der Waals surface area contributed by atoms with E-state index in [1.807, 2.05) is 29.6 Å². The van der Waals surface area contributed by atoms with Gasteiger partial charge in [0.15, 0.2) is 11.5 Å². The van der Waals surface area contributed by atoms with Gasteiger partial charge in [0.1, 0.15) is 22.6 Å². The van der Waals surface area contributed by atoms with Crippen LogP contribution in [0, 0.1) is 11.3 Å². The van der Waals surface area contributed by atoms with Gasteiger partial charge in [0.25, 0.3) is 0 Å². The fourth-order valence-corrected chi connectivity index (χ4v) is 3.55. The number of nitriles is 1. The van der Waals surface area contributed by atoms with Crippen molar-refractivity contribution in [3.63, 3.8) is 0 Å². The third-order valence-electron chi connectivity index (χ3n) is 4.28. The van der Waals surface area contributed by atoms with Crippen molar-refractivity contribution in [2.75, 3.05) is 28.4 Å². The first-order valence-electron chi connectivity index (χ1n) is 8.65. The van der Waals surface area contributed by atoms with Crippen LogP contribution in [-0.4, -0.2) is 33.4 Å². The Morgan fingerprint density at radius 1 is 0.931 bits per heavy atom. The fraction of sp³-hybridized carbons (Fsp3) is 0.182. The number of hydrogen-bond donors (Lipinski definition) is 0. The summed E-state index contributed by atoms with van der Waals surface area (Å²) in [6, 6.07) is 13.4. The molecule has 0 atom stereocenters. The van der Waals surface area contributed by atoms with Gasteiger partial charge in [0, 0.05) is 22.6 Å². The Balaban J connectivity index is 1.99. The molecule has 29 heavy (non-hydrogen) atoms. The second-order valence-electron chi connectivity index (χ2n) is 5.89. The maximum absolute atomic E-state index is 9.71. The predicted octanol–water partition coefficient (Wildman–Crippen LogP) is 4.91. The maximum atomic E-state index is 9.71. The number of aromatic nitrogens is 1. The van der Waals surface area contributed by atoms with Crippen LogP contribution in [0.3, 0.4) is 0 Å². The Bertz CT molecular complexity index is 1070. The van der Waals surface area contributed by atoms with E-state index in [4.69, 9.17) is 18.9 Å². The summed E-state index contributed by atoms with van der Waals surface area (Å²) in [6.45, 7) is 0. The van der Waals surface area contributed by atoms with Crippen LogP contribution in [0.25, 0.3) is 22.9 Å². The van der Waals surface area contributed by atoms with Crippen molar-refractivity contribution in [2.45, 2.75) is 0 Å². The zero-order valence-electron chi connectivity index (χ0n) is 16.6. The van der Waals surface area contributed by atoms with E-state index in [9.17, 15) is 5.26 Å². The molecule has 0 amide bonds. The molecule has 148 valence electrons. The topological polar surface area (TPSA) is 73.6 Å². The highest BCUT2D eigenvalue weighted by Gasteiger charge is 2.14. The van der Waals surface area contributed by atoms with E-state index in [2.05, 4.69) is 11.1 Å². The third-order valence-corrected chi connectivity index (χ3v) is 5.15. The van der Waals surface area contributed by atoms with Gasteiger partial charge in [0.05, 0.1) is 39.7 Å². The molecule has 0 spiro atoms. The van der Waals surface area contributed by atoms with Crippen LogP contribution in [0.4, 0.5) is 0 Å². The number of rotatable bonds is 7. The second-order valence-corrected chi connectivity index (χ2v) is 6.74. The number of benzene rings is 2. The van der Waals surface area contributed by atoms with Crippen molar-refractivity contribution >= 4 is 23.0 Å². The molecule has 0 saturated carbocycles. The molecule has 7 heteroatoms. The van der Waals surface area contributed by atoms with Crippen LogP contribution in [0.1, 0.15) is 10.6 Å². The van der Waals surface area contributed by atoms with Crippen molar-refractivity contribution in [1.82, 2.24) is 4.98 Å². The quantitative estimate of drug-likeness (QED) is 0.517. The Hall–Kier alpha value is -3.50. The summed E-state index contributed by atoms with van der Waals surface area (Å²) in [6.07, 6.45) is 1.73. The van der Waals surface area contributed by atoms with Crippen LogP contribution in [0.5, 0.6) is 23.0 Å². The lowest BCUT2D eigenvalue weighted by Gasteiger charge is -2.12. The van der Waals surface area contributed by atoms with Gasteiger partial charge >= 0.3 is 0 Å². The maximum Gasteiger partial charge on any atom is 0.164 e. The van der Waals surface area contributed by atoms with Gasteiger partial charge in [-0.1, -0.05) is 0 Å². The molecule has 1 heterocycles. The molecular weight excluding hydrogens is 388 g/mol. The lowest BCUT2D eigenvalue weighted by molar-refractivity contribution is 0.348. The lowest BCUT2D eigenvalue weighted by Crippen LogP contribution is -1.95. The van der Waals surface area contributed by atoms with Crippen molar-refractivity contribution in [1.29, 1.82) is 5.26 Å². The highest BCUT2D eigenvalue weighted by atomic mass is 32.1. The molecule has 3 rings (SSSR count). The van der Waals surface area contributed by atoms with E-state index >= 15 is 0 Å². The molecule has 3 aromatic rings. The van der Waals surface area contributed by atoms with Gasteiger partial charge < -0.3 is 18.9 Å². The number of nitrogens with zero attached hydrogens (tertiary/aromatic N) is 2. The fourth-order valence-electron chi connectivity index (χ4n) is 2.75. The first kappa shape index (κ1) is 20.2. The molecule has 0 unspecified atom stereocenters. The predicted molar refractivity (Wildman–Crippen MR) is 114 cm³/mol. The summed E-state index contributed by atoms with van der Waals surface area (Å²) >= 11 is 1.41. The van der Waals surface area contributed by atoms with Crippen LogP contribution in [0.15, 0.2) is 41.8 Å². The first-order valence-corrected chi connectivity index (χ1v) is 9.53. The van der Waals surface area contributed by atoms with E-state index in [1.165, 1.54) is 11.3 Å². The first-order chi connectivity index (χ1) is 14.1. The molecule has 2 aromatic carbocycles. The van der Waals surface area contributed by atoms with Gasteiger partial charge in [-0.2, -0.15) is 5.26 Å². The minimum absolute atomic E-state index is 0.431. The smallest absolute Gasteiger partial charge is 0.164 e. The van der Waals surface area contributed by atoms with E-state index in [0.29, 0.717) is 33.4 Å². The number of ether oxygens (including phenoxy) is 4. The van der Waals surface area contributed by atoms with Crippen LogP contribution in [-0.2, 0) is 0 Å². The van der Waals surface area contributed by atoms with Gasteiger partial charge in [0.2, 0.25) is 0 Å². The number of allylic oxidation sites excluding steroid dienone is 1. The summed E-state index contributed by atoms with van der Waals surface area (Å²) < 4.78 is 21.3. The minimum atomic E-state index is 0.431. The molecule has 0 aliphatic rings. The molecule has 6 nitrogen and oxygen atoms in total. The molecule has 1 aromatic heterocycles. The molecule has 0 aliphatic heterocycles. The van der Waals surface area contributed by atoms with E-state index in [-0.39, 0.29) is 0 Å². The average molecular weight is 408 g/mol. The molecule has 0 saturated heterocycles. The van der Waals surface area contributed by atoms with Gasteiger partial charge in [-0.05, 0) is 36.4 Å². The zero-order valence-corrected chi connectivity index (χ0v) is 17.4. The molecule has 0 bridgehead atoms. The van der Waals surface area contributed by atoms with Gasteiger partial charge in [-0.15, -0.1) is 11.3 Å². The second kappa shape index (κ2) is 9.13. The average Bonchev–Trinajstić information content (AvgIpc) is 3.26. The van der Waals surface area contributed by atoms with Crippen molar-refractivity contribution in [3.8, 4) is 40.3 Å². The number of thiazole rings is 1. The van der Waals surface area contributed by atoms with Gasteiger partial charge in [-0.25, -0.2) is 4.98 Å². The molecule has 0 N–H and O–H groups in total. The Labute approximate surface area is 173 Å². The third kappa shape index (κ3) is 4.33. The van der Waals surface area contributed by atoms with Gasteiger partial charge in [-0.3, -0.25) is 0 Å². The Kier molecular flexibility index (Phi) is 6.37. The number of methoxy groups -OCH3 is 4. The SMILES string of the molecule is COc1ccc(-c2csc(/C(C#N)=C/c3cc(OC)c(OC)cc3OC)n2)cc1. The summed E-state index contributed by atoms with van der Waals surface area (Å²) in [5, 5.41) is 12.3. The number of hydrogen-bond acceptors (Lipinski definition) is 7. The van der Waals surface area contributed by atoms with E-state index < -0.39 is 0 Å². The van der Waals surface area contributed by atoms with Crippen LogP contribution in [0.2, 0.25) is 0 Å².